The van der Waals surface area contributed by atoms with E-state index < -0.39 is 9.84 Å². The summed E-state index contributed by atoms with van der Waals surface area (Å²) in [6, 6.07) is 14.3. The van der Waals surface area contributed by atoms with Crippen LogP contribution in [0.5, 0.6) is 0 Å². The normalized spacial score (nSPS) is 15.2. The molecule has 8 heteroatoms. The van der Waals surface area contributed by atoms with Gasteiger partial charge in [0.1, 0.15) is 0 Å². The van der Waals surface area contributed by atoms with Crippen molar-refractivity contribution in [3.05, 3.63) is 80.5 Å². The highest BCUT2D eigenvalue weighted by Crippen LogP contribution is 2.40. The molecule has 0 radical (unpaired) electrons. The molecule has 1 saturated carbocycles. The Bertz CT molecular complexity index is 1160. The third kappa shape index (κ3) is 4.30. The van der Waals surface area contributed by atoms with Gasteiger partial charge in [-0.1, -0.05) is 35.3 Å². The summed E-state index contributed by atoms with van der Waals surface area (Å²) in [5.41, 5.74) is 9.14. The van der Waals surface area contributed by atoms with Gasteiger partial charge in [0.25, 0.3) is 0 Å². The lowest BCUT2D eigenvalue weighted by Gasteiger charge is -2.18. The zero-order valence-corrected chi connectivity index (χ0v) is 19.8. The molecule has 30 heavy (non-hydrogen) atoms. The number of nitrogens with zero attached hydrogens (tertiary/aromatic N) is 1. The van der Waals surface area contributed by atoms with Gasteiger partial charge in [-0.2, -0.15) is 0 Å². The maximum atomic E-state index is 12.4. The molecule has 1 aliphatic carbocycles. The van der Waals surface area contributed by atoms with Crippen molar-refractivity contribution < 1.29 is 8.42 Å². The molecule has 156 valence electrons. The van der Waals surface area contributed by atoms with E-state index in [4.69, 9.17) is 28.9 Å². The molecule has 0 amide bonds. The Morgan fingerprint density at radius 1 is 1.07 bits per heavy atom. The van der Waals surface area contributed by atoms with Gasteiger partial charge in [0.2, 0.25) is 0 Å². The van der Waals surface area contributed by atoms with E-state index in [0.717, 1.165) is 34.1 Å². The van der Waals surface area contributed by atoms with Crippen LogP contribution >= 0.6 is 39.1 Å². The van der Waals surface area contributed by atoms with Gasteiger partial charge >= 0.3 is 0 Å². The molecule has 0 saturated heterocycles. The first-order chi connectivity index (χ1) is 14.3. The minimum Gasteiger partial charge on any atom is -0.329 e. The molecule has 1 aliphatic rings. The third-order valence-corrected chi connectivity index (χ3v) is 8.59. The van der Waals surface area contributed by atoms with Crippen LogP contribution in [-0.2, 0) is 9.84 Å². The molecule has 3 aromatic rings. The minimum atomic E-state index is -3.23. The van der Waals surface area contributed by atoms with Crippen LogP contribution in [0.3, 0.4) is 0 Å². The van der Waals surface area contributed by atoms with Gasteiger partial charge in [-0.05, 0) is 76.3 Å². The van der Waals surface area contributed by atoms with E-state index in [1.807, 2.05) is 24.3 Å². The Morgan fingerprint density at radius 3 is 2.20 bits per heavy atom. The lowest BCUT2D eigenvalue weighted by molar-refractivity contribution is 0.595. The number of rotatable bonds is 6. The van der Waals surface area contributed by atoms with Gasteiger partial charge < -0.3 is 5.73 Å². The van der Waals surface area contributed by atoms with Gasteiger partial charge in [-0.15, -0.1) is 0 Å². The Morgan fingerprint density at radius 2 is 1.70 bits per heavy atom. The highest BCUT2D eigenvalue weighted by atomic mass is 79.9. The maximum absolute atomic E-state index is 12.4. The molecule has 0 aliphatic heterocycles. The monoisotopic (exact) mass is 524 g/mol. The van der Waals surface area contributed by atoms with Crippen LogP contribution in [0.2, 0.25) is 10.0 Å². The van der Waals surface area contributed by atoms with Gasteiger partial charge in [-0.25, -0.2) is 8.42 Å². The Balaban J connectivity index is 1.68. The number of halogens is 3. The number of nitrogens with two attached hydrogens (primary N) is 1. The lowest BCUT2D eigenvalue weighted by Crippen LogP contribution is -2.15. The van der Waals surface area contributed by atoms with Crippen molar-refractivity contribution in [2.75, 3.05) is 6.54 Å². The van der Waals surface area contributed by atoms with Crippen LogP contribution in [0.1, 0.15) is 30.0 Å². The van der Waals surface area contributed by atoms with Gasteiger partial charge in [0.15, 0.2) is 9.84 Å². The Labute approximate surface area is 194 Å². The minimum absolute atomic E-state index is 0.145. The van der Waals surface area contributed by atoms with Crippen molar-refractivity contribution in [2.45, 2.75) is 28.9 Å². The summed E-state index contributed by atoms with van der Waals surface area (Å²) in [6.07, 6.45) is 3.20. The third-order valence-electron chi connectivity index (χ3n) is 5.24. The highest BCUT2D eigenvalue weighted by molar-refractivity contribution is 9.10. The fourth-order valence-electron chi connectivity index (χ4n) is 3.47. The number of benzene rings is 2. The second kappa shape index (κ2) is 8.60. The van der Waals surface area contributed by atoms with E-state index >= 15 is 0 Å². The second-order valence-corrected chi connectivity index (χ2v) is 11.3. The summed E-state index contributed by atoms with van der Waals surface area (Å²) < 4.78 is 25.7. The van der Waals surface area contributed by atoms with Crippen LogP contribution < -0.4 is 5.73 Å². The molecule has 1 unspecified atom stereocenters. The summed E-state index contributed by atoms with van der Waals surface area (Å²) in [5, 5.41) is 0.715. The summed E-state index contributed by atoms with van der Waals surface area (Å²) in [5.74, 6) is -0.145. The van der Waals surface area contributed by atoms with Crippen LogP contribution in [-0.4, -0.2) is 25.2 Å². The molecule has 0 spiro atoms. The standard InChI is InChI=1S/C22H19BrCl2N2O2S/c23-15-3-8-21(27-12-15)18(11-26)14-9-19(24)22(20(25)10-14)13-1-4-16(5-2-13)30(28,29)17-6-7-17/h1-5,8-10,12,17-18H,6-7,11,26H2. The number of sulfone groups is 1. The fraction of sp³-hybridized carbons (Fsp3) is 0.227. The Kier molecular flexibility index (Phi) is 6.24. The van der Waals surface area contributed by atoms with E-state index in [1.165, 1.54) is 0 Å². The van der Waals surface area contributed by atoms with Gasteiger partial charge in [0.05, 0.1) is 20.2 Å². The lowest BCUT2D eigenvalue weighted by atomic mass is 9.93. The summed E-state index contributed by atoms with van der Waals surface area (Å²) >= 11 is 16.6. The zero-order chi connectivity index (χ0) is 21.5. The molecule has 1 heterocycles. The molecule has 4 rings (SSSR count). The highest BCUT2D eigenvalue weighted by Gasteiger charge is 2.36. The number of pyridine rings is 1. The van der Waals surface area contributed by atoms with Crippen LogP contribution in [0, 0.1) is 0 Å². The van der Waals surface area contributed by atoms with Crippen molar-refractivity contribution in [3.63, 3.8) is 0 Å². The fourth-order valence-corrected chi connectivity index (χ4v) is 6.09. The Hall–Kier alpha value is -1.44. The van der Waals surface area contributed by atoms with E-state index in [1.54, 1.807) is 30.5 Å². The van der Waals surface area contributed by atoms with Crippen molar-refractivity contribution in [1.29, 1.82) is 0 Å². The SMILES string of the molecule is NCC(c1cc(Cl)c(-c2ccc(S(=O)(=O)C3CC3)cc2)c(Cl)c1)c1ccc(Br)cn1. The van der Waals surface area contributed by atoms with Gasteiger partial charge in [0, 0.05) is 34.4 Å². The van der Waals surface area contributed by atoms with Crippen LogP contribution in [0.15, 0.2) is 64.1 Å². The largest absolute Gasteiger partial charge is 0.329 e. The van der Waals surface area contributed by atoms with Crippen molar-refractivity contribution >= 4 is 49.0 Å². The van der Waals surface area contributed by atoms with E-state index in [-0.39, 0.29) is 11.2 Å². The van der Waals surface area contributed by atoms with Crippen molar-refractivity contribution in [1.82, 2.24) is 4.98 Å². The average molecular weight is 526 g/mol. The quantitative estimate of drug-likeness (QED) is 0.438. The first-order valence-corrected chi connectivity index (χ1v) is 12.6. The molecule has 4 nitrogen and oxygen atoms in total. The molecule has 1 fully saturated rings. The smallest absolute Gasteiger partial charge is 0.181 e. The van der Waals surface area contributed by atoms with Gasteiger partial charge in [-0.3, -0.25) is 4.98 Å². The predicted molar refractivity (Wildman–Crippen MR) is 125 cm³/mol. The van der Waals surface area contributed by atoms with E-state index in [2.05, 4.69) is 20.9 Å². The predicted octanol–water partition coefficient (Wildman–Crippen LogP) is 5.84. The summed E-state index contributed by atoms with van der Waals surface area (Å²) in [6.45, 7) is 0.356. The zero-order valence-electron chi connectivity index (χ0n) is 15.9. The summed E-state index contributed by atoms with van der Waals surface area (Å²) in [7, 11) is -3.23. The molecule has 1 atom stereocenters. The second-order valence-electron chi connectivity index (χ2n) is 7.32. The van der Waals surface area contributed by atoms with Crippen molar-refractivity contribution in [2.24, 2.45) is 5.73 Å². The van der Waals surface area contributed by atoms with E-state index in [0.29, 0.717) is 27.0 Å². The first-order valence-electron chi connectivity index (χ1n) is 9.46. The molecule has 1 aromatic heterocycles. The number of hydrogen-bond donors (Lipinski definition) is 1. The average Bonchev–Trinajstić information content (AvgIpc) is 3.56. The molecule has 2 N–H and O–H groups in total. The molecular weight excluding hydrogens is 507 g/mol. The molecular formula is C22H19BrCl2N2O2S. The topological polar surface area (TPSA) is 73.1 Å². The molecule has 2 aromatic carbocycles. The number of aromatic nitrogens is 1. The number of hydrogen-bond acceptors (Lipinski definition) is 4. The van der Waals surface area contributed by atoms with Crippen LogP contribution in [0.25, 0.3) is 11.1 Å². The van der Waals surface area contributed by atoms with Crippen molar-refractivity contribution in [3.8, 4) is 11.1 Å². The maximum Gasteiger partial charge on any atom is 0.181 e. The summed E-state index contributed by atoms with van der Waals surface area (Å²) in [4.78, 5) is 4.78. The van der Waals surface area contributed by atoms with E-state index in [9.17, 15) is 8.42 Å². The van der Waals surface area contributed by atoms with Crippen LogP contribution in [0.4, 0.5) is 0 Å². The molecule has 0 bridgehead atoms. The first kappa shape index (κ1) is 21.8.